The van der Waals surface area contributed by atoms with Crippen molar-refractivity contribution in [2.75, 3.05) is 19.7 Å². The van der Waals surface area contributed by atoms with Crippen LogP contribution in [-0.2, 0) is 14.0 Å². The van der Waals surface area contributed by atoms with Gasteiger partial charge >= 0.3 is 6.09 Å². The molecule has 0 spiro atoms. The van der Waals surface area contributed by atoms with E-state index < -0.39 is 8.32 Å². The molecule has 0 N–H and O–H groups in total. The van der Waals surface area contributed by atoms with Crippen LogP contribution >= 0.6 is 23.5 Å². The Morgan fingerprint density at radius 1 is 1.45 bits per heavy atom. The normalized spacial score (nSPS) is 27.0. The summed E-state index contributed by atoms with van der Waals surface area (Å²) in [7, 11) is -1.94. The van der Waals surface area contributed by atoms with Crippen molar-refractivity contribution in [2.45, 2.75) is 75.4 Å². The van der Waals surface area contributed by atoms with Gasteiger partial charge in [0.15, 0.2) is 8.32 Å². The first-order chi connectivity index (χ1) is 14.5. The fraction of sp³-hybridized carbons (Fsp3) is 0.727. The van der Waals surface area contributed by atoms with Crippen molar-refractivity contribution in [3.63, 3.8) is 0 Å². The van der Waals surface area contributed by atoms with Crippen molar-refractivity contribution >= 4 is 43.8 Å². The van der Waals surface area contributed by atoms with E-state index in [1.807, 2.05) is 11.1 Å². The molecule has 6 nitrogen and oxygen atoms in total. The Balaban J connectivity index is 1.55. The van der Waals surface area contributed by atoms with Crippen molar-refractivity contribution < 1.29 is 18.8 Å². The molecule has 0 saturated carbocycles. The van der Waals surface area contributed by atoms with Crippen molar-refractivity contribution in [2.24, 2.45) is 5.92 Å². The van der Waals surface area contributed by atoms with E-state index in [9.17, 15) is 9.59 Å². The van der Waals surface area contributed by atoms with Crippen LogP contribution in [0.1, 0.15) is 40.5 Å². The van der Waals surface area contributed by atoms with Crippen LogP contribution in [0.4, 0.5) is 4.79 Å². The molecule has 31 heavy (non-hydrogen) atoms. The van der Waals surface area contributed by atoms with Gasteiger partial charge in [-0.25, -0.2) is 4.79 Å². The van der Waals surface area contributed by atoms with E-state index in [2.05, 4.69) is 47.4 Å². The van der Waals surface area contributed by atoms with Gasteiger partial charge in [0.2, 0.25) is 5.91 Å². The summed E-state index contributed by atoms with van der Waals surface area (Å²) in [5.74, 6) is 0.104. The number of thioether (sulfide) groups is 2. The Hall–Kier alpha value is -0.903. The summed E-state index contributed by atoms with van der Waals surface area (Å²) < 4.78 is 13.0. The summed E-state index contributed by atoms with van der Waals surface area (Å²) in [5.41, 5.74) is 0. The highest BCUT2D eigenvalue weighted by Gasteiger charge is 2.55. The van der Waals surface area contributed by atoms with E-state index in [-0.39, 0.29) is 41.0 Å². The summed E-state index contributed by atoms with van der Waals surface area (Å²) in [6, 6.07) is 0. The molecule has 4 atom stereocenters. The molecular formula is C22H36N2O4S2Si. The second-order valence-corrected chi connectivity index (χ2v) is 17.4. The molecule has 0 aliphatic carbocycles. The summed E-state index contributed by atoms with van der Waals surface area (Å²) in [6.45, 7) is 18.5. The third-order valence-corrected chi connectivity index (χ3v) is 13.9. The van der Waals surface area contributed by atoms with Crippen LogP contribution in [0, 0.1) is 5.92 Å². The largest absolute Gasteiger partial charge is 0.445 e. The number of hydrogen-bond acceptors (Lipinski definition) is 6. The van der Waals surface area contributed by atoms with Gasteiger partial charge in [0.1, 0.15) is 12.0 Å². The quantitative estimate of drug-likeness (QED) is 0.266. The second-order valence-electron chi connectivity index (χ2n) is 9.89. The molecule has 2 fully saturated rings. The van der Waals surface area contributed by atoms with Crippen LogP contribution in [0.3, 0.4) is 0 Å². The number of ether oxygens (including phenoxy) is 1. The maximum atomic E-state index is 12.9. The summed E-state index contributed by atoms with van der Waals surface area (Å²) in [6.07, 6.45) is 5.05. The van der Waals surface area contributed by atoms with Gasteiger partial charge in [-0.15, -0.1) is 11.8 Å². The number of rotatable bonds is 8. The molecule has 9 heteroatoms. The predicted molar refractivity (Wildman–Crippen MR) is 131 cm³/mol. The highest BCUT2D eigenvalue weighted by molar-refractivity contribution is 8.23. The average molecular weight is 485 g/mol. The summed E-state index contributed by atoms with van der Waals surface area (Å²) >= 11 is 3.55. The van der Waals surface area contributed by atoms with Gasteiger partial charge in [-0.1, -0.05) is 52.1 Å². The third-order valence-electron chi connectivity index (χ3n) is 6.67. The molecule has 0 bridgehead atoms. The Labute approximate surface area is 196 Å². The number of carbonyl (C=O) groups is 2. The van der Waals surface area contributed by atoms with Crippen molar-refractivity contribution in [3.8, 4) is 0 Å². The van der Waals surface area contributed by atoms with E-state index in [0.29, 0.717) is 18.3 Å². The van der Waals surface area contributed by atoms with Gasteiger partial charge in [-0.05, 0) is 31.0 Å². The lowest BCUT2D eigenvalue weighted by Crippen LogP contribution is -2.61. The van der Waals surface area contributed by atoms with Crippen molar-refractivity contribution in [1.82, 2.24) is 9.80 Å². The number of fused-ring (bicyclic) bond motifs is 1. The van der Waals surface area contributed by atoms with Crippen molar-refractivity contribution in [1.29, 1.82) is 0 Å². The van der Waals surface area contributed by atoms with Crippen LogP contribution in [0.2, 0.25) is 18.1 Å². The fourth-order valence-electron chi connectivity index (χ4n) is 3.78. The average Bonchev–Trinajstić information content (AvgIpc) is 3.30. The lowest BCUT2D eigenvalue weighted by Gasteiger charge is -2.48. The zero-order valence-corrected chi connectivity index (χ0v) is 22.2. The van der Waals surface area contributed by atoms with Crippen LogP contribution in [-0.4, -0.2) is 66.5 Å². The molecular weight excluding hydrogens is 448 g/mol. The molecule has 3 rings (SSSR count). The summed E-state index contributed by atoms with van der Waals surface area (Å²) in [5, 5.41) is 0.586. The van der Waals surface area contributed by atoms with Gasteiger partial charge in [-0.2, -0.15) is 0 Å². The number of hydrogen-bond donors (Lipinski definition) is 0. The number of amides is 2. The highest BCUT2D eigenvalue weighted by Crippen LogP contribution is 2.53. The van der Waals surface area contributed by atoms with E-state index in [1.165, 1.54) is 0 Å². The zero-order chi connectivity index (χ0) is 23.0. The first kappa shape index (κ1) is 24.7. The smallest absolute Gasteiger partial charge is 0.410 e. The molecule has 0 aromatic carbocycles. The Kier molecular flexibility index (Phi) is 7.60. The minimum atomic E-state index is -1.94. The number of carbonyl (C=O) groups excluding carboxylic acids is 2. The lowest BCUT2D eigenvalue weighted by molar-refractivity contribution is -0.151. The molecule has 0 radical (unpaired) electrons. The van der Waals surface area contributed by atoms with E-state index in [0.717, 1.165) is 17.1 Å². The van der Waals surface area contributed by atoms with Crippen LogP contribution in [0.25, 0.3) is 0 Å². The SMILES string of the molecule is C=CCOC(=O)N1CCC(SC2=CN3C(=O)[C@@H]([C@H](CC)O[Si](C)(C)C(C)(C)C)[C@H]3S2)C1. The number of likely N-dealkylation sites (tertiary alicyclic amines) is 1. The second kappa shape index (κ2) is 9.53. The first-order valence-electron chi connectivity index (χ1n) is 11.1. The molecule has 174 valence electrons. The maximum Gasteiger partial charge on any atom is 0.410 e. The molecule has 2 amide bonds. The standard InChI is InChI=1S/C22H36N2O4S2Si/c1-8-12-27-21(26)23-11-10-15(13-23)29-17-14-24-19(25)18(20(24)30-17)16(9-2)28-31(6,7)22(3,4)5/h8,14-16,18,20H,1,9-13H2,2-7H3/t15?,16-,18+,20+/m0/s1. The predicted octanol–water partition coefficient (Wildman–Crippen LogP) is 5.25. The maximum absolute atomic E-state index is 12.9. The fourth-order valence-corrected chi connectivity index (χ4v) is 8.24. The third kappa shape index (κ3) is 5.20. The van der Waals surface area contributed by atoms with Crippen molar-refractivity contribution in [3.05, 3.63) is 23.1 Å². The molecule has 3 aliphatic heterocycles. The zero-order valence-electron chi connectivity index (χ0n) is 19.6. The molecule has 0 aromatic heterocycles. The number of nitrogens with zero attached hydrogens (tertiary/aromatic N) is 2. The number of β-lactam (4-membered cyclic amide) rings is 1. The lowest BCUT2D eigenvalue weighted by atomic mass is 9.91. The van der Waals surface area contributed by atoms with Crippen LogP contribution in [0.5, 0.6) is 0 Å². The first-order valence-corrected chi connectivity index (χ1v) is 15.7. The van der Waals surface area contributed by atoms with E-state index in [1.54, 1.807) is 34.5 Å². The Morgan fingerprint density at radius 2 is 2.16 bits per heavy atom. The minimum absolute atomic E-state index is 0.0264. The minimum Gasteiger partial charge on any atom is -0.445 e. The van der Waals surface area contributed by atoms with Gasteiger partial charge in [0.25, 0.3) is 0 Å². The van der Waals surface area contributed by atoms with Gasteiger partial charge in [-0.3, -0.25) is 4.79 Å². The highest BCUT2D eigenvalue weighted by atomic mass is 32.2. The van der Waals surface area contributed by atoms with E-state index in [4.69, 9.17) is 9.16 Å². The molecule has 1 unspecified atom stereocenters. The van der Waals surface area contributed by atoms with Gasteiger partial charge < -0.3 is 19.0 Å². The Bertz CT molecular complexity index is 752. The van der Waals surface area contributed by atoms with E-state index >= 15 is 0 Å². The Morgan fingerprint density at radius 3 is 2.77 bits per heavy atom. The molecule has 3 aliphatic rings. The molecule has 0 aromatic rings. The van der Waals surface area contributed by atoms with Crippen LogP contribution in [0.15, 0.2) is 23.1 Å². The topological polar surface area (TPSA) is 59.1 Å². The van der Waals surface area contributed by atoms with Crippen LogP contribution < -0.4 is 0 Å². The molecule has 2 saturated heterocycles. The summed E-state index contributed by atoms with van der Waals surface area (Å²) in [4.78, 5) is 28.6. The molecule has 3 heterocycles. The van der Waals surface area contributed by atoms with Gasteiger partial charge in [0, 0.05) is 24.5 Å². The monoisotopic (exact) mass is 484 g/mol. The van der Waals surface area contributed by atoms with Gasteiger partial charge in [0.05, 0.1) is 16.3 Å².